The van der Waals surface area contributed by atoms with E-state index in [0.717, 1.165) is 11.8 Å². The number of aryl methyl sites for hydroxylation is 1. The first-order valence-electron chi connectivity index (χ1n) is 8.08. The number of hydrogen-bond acceptors (Lipinski definition) is 7. The molecule has 0 saturated heterocycles. The van der Waals surface area contributed by atoms with Gasteiger partial charge in [-0.2, -0.15) is 14.9 Å². The summed E-state index contributed by atoms with van der Waals surface area (Å²) in [7, 11) is 3.08. The normalized spacial score (nSPS) is 11.1. The van der Waals surface area contributed by atoms with E-state index < -0.39 is 10.5 Å². The van der Waals surface area contributed by atoms with Crippen molar-refractivity contribution in [1.29, 1.82) is 0 Å². The maximum Gasteiger partial charge on any atom is 0.342 e. The Morgan fingerprint density at radius 1 is 1.29 bits per heavy atom. The first-order valence-corrected chi connectivity index (χ1v) is 8.46. The summed E-state index contributed by atoms with van der Waals surface area (Å²) in [6, 6.07) is 7.28. The van der Waals surface area contributed by atoms with E-state index in [0.29, 0.717) is 5.69 Å². The third-order valence-electron chi connectivity index (χ3n) is 4.06. The smallest absolute Gasteiger partial charge is 0.342 e. The summed E-state index contributed by atoms with van der Waals surface area (Å²) in [5, 5.41) is 20.5. The molecule has 3 aromatic rings. The molecule has 144 valence electrons. The van der Waals surface area contributed by atoms with Crippen LogP contribution in [-0.2, 0) is 7.05 Å². The standard InChI is InChI=1S/C17H16ClN7O3/c1-11-4-6-12(7-5-11)24-17(26)16(18)13(8-21-24)23(3)20-9-14-19-10-15(22(14)2)25(27)28/h4-10H,1-3H3/b20-9-. The van der Waals surface area contributed by atoms with Gasteiger partial charge in [-0.1, -0.05) is 29.3 Å². The highest BCUT2D eigenvalue weighted by molar-refractivity contribution is 6.33. The Bertz CT molecular complexity index is 1120. The average molecular weight is 402 g/mol. The Kier molecular flexibility index (Phi) is 5.23. The van der Waals surface area contributed by atoms with E-state index in [4.69, 9.17) is 11.6 Å². The van der Waals surface area contributed by atoms with Crippen LogP contribution in [-0.4, -0.2) is 37.5 Å². The molecule has 28 heavy (non-hydrogen) atoms. The van der Waals surface area contributed by atoms with E-state index in [1.165, 1.54) is 33.7 Å². The summed E-state index contributed by atoms with van der Waals surface area (Å²) in [5.41, 5.74) is 1.45. The van der Waals surface area contributed by atoms with Crippen molar-refractivity contribution in [1.82, 2.24) is 19.3 Å². The molecule has 1 aromatic carbocycles. The highest BCUT2D eigenvalue weighted by Crippen LogP contribution is 2.21. The molecule has 0 unspecified atom stereocenters. The first-order chi connectivity index (χ1) is 13.3. The monoisotopic (exact) mass is 401 g/mol. The van der Waals surface area contributed by atoms with Crippen LogP contribution in [0.1, 0.15) is 11.4 Å². The van der Waals surface area contributed by atoms with Gasteiger partial charge in [-0.3, -0.25) is 9.80 Å². The Balaban J connectivity index is 1.89. The van der Waals surface area contributed by atoms with Crippen molar-refractivity contribution in [2.45, 2.75) is 6.92 Å². The zero-order chi connectivity index (χ0) is 20.4. The molecule has 0 aliphatic rings. The number of hydrogen-bond donors (Lipinski definition) is 0. The topological polar surface area (TPSA) is 111 Å². The van der Waals surface area contributed by atoms with Crippen molar-refractivity contribution in [3.63, 3.8) is 0 Å². The van der Waals surface area contributed by atoms with Crippen LogP contribution >= 0.6 is 11.6 Å². The van der Waals surface area contributed by atoms with Gasteiger partial charge in [0.15, 0.2) is 0 Å². The molecule has 0 N–H and O–H groups in total. The molecule has 0 fully saturated rings. The summed E-state index contributed by atoms with van der Waals surface area (Å²) in [6.45, 7) is 1.94. The van der Waals surface area contributed by atoms with Crippen LogP contribution in [0.2, 0.25) is 5.02 Å². The van der Waals surface area contributed by atoms with Crippen LogP contribution < -0.4 is 10.6 Å². The molecule has 0 amide bonds. The Morgan fingerprint density at radius 2 is 1.96 bits per heavy atom. The lowest BCUT2D eigenvalue weighted by Gasteiger charge is -2.14. The molecular formula is C17H16ClN7O3. The third-order valence-corrected chi connectivity index (χ3v) is 4.42. The maximum atomic E-state index is 12.6. The number of nitro groups is 1. The van der Waals surface area contributed by atoms with Gasteiger partial charge in [-0.15, -0.1) is 0 Å². The van der Waals surface area contributed by atoms with Crippen molar-refractivity contribution in [3.05, 3.63) is 73.5 Å². The van der Waals surface area contributed by atoms with Gasteiger partial charge in [0.25, 0.3) is 5.56 Å². The number of benzene rings is 1. The molecule has 0 bridgehead atoms. The minimum absolute atomic E-state index is 0.0546. The molecular weight excluding hydrogens is 386 g/mol. The van der Waals surface area contributed by atoms with Crippen molar-refractivity contribution in [2.75, 3.05) is 12.1 Å². The summed E-state index contributed by atoms with van der Waals surface area (Å²) in [4.78, 5) is 26.8. The molecule has 10 nitrogen and oxygen atoms in total. The Labute approximate surface area is 164 Å². The SMILES string of the molecule is Cc1ccc(-n2ncc(N(C)/N=C\c3ncc([N+](=O)[O-])n3C)c(Cl)c2=O)cc1. The Hall–Kier alpha value is -3.53. The highest BCUT2D eigenvalue weighted by Gasteiger charge is 2.16. The zero-order valence-corrected chi connectivity index (χ0v) is 16.0. The molecule has 11 heteroatoms. The van der Waals surface area contributed by atoms with Gasteiger partial charge >= 0.3 is 5.82 Å². The lowest BCUT2D eigenvalue weighted by atomic mass is 10.2. The van der Waals surface area contributed by atoms with Crippen molar-refractivity contribution in [3.8, 4) is 5.69 Å². The van der Waals surface area contributed by atoms with Gasteiger partial charge in [-0.05, 0) is 24.0 Å². The molecule has 0 aliphatic carbocycles. The van der Waals surface area contributed by atoms with E-state index in [2.05, 4.69) is 15.2 Å². The molecule has 2 heterocycles. The van der Waals surface area contributed by atoms with E-state index in [9.17, 15) is 14.9 Å². The molecule has 3 rings (SSSR count). The number of imidazole rings is 1. The zero-order valence-electron chi connectivity index (χ0n) is 15.3. The van der Waals surface area contributed by atoms with E-state index in [-0.39, 0.29) is 22.4 Å². The second-order valence-electron chi connectivity index (χ2n) is 5.96. The molecule has 0 aliphatic heterocycles. The summed E-state index contributed by atoms with van der Waals surface area (Å²) in [5.74, 6) is 0.111. The van der Waals surface area contributed by atoms with Gasteiger partial charge in [0.05, 0.1) is 18.9 Å². The number of halogens is 1. The summed E-state index contributed by atoms with van der Waals surface area (Å²) < 4.78 is 2.48. The van der Waals surface area contributed by atoms with E-state index in [1.807, 2.05) is 19.1 Å². The third kappa shape index (κ3) is 3.62. The van der Waals surface area contributed by atoms with Gasteiger partial charge in [0, 0.05) is 7.05 Å². The first kappa shape index (κ1) is 19.2. The van der Waals surface area contributed by atoms with Crippen LogP contribution in [0.4, 0.5) is 11.5 Å². The number of hydrazone groups is 1. The van der Waals surface area contributed by atoms with Crippen molar-refractivity contribution < 1.29 is 4.92 Å². The predicted octanol–water partition coefficient (Wildman–Crippen LogP) is 2.31. The Morgan fingerprint density at radius 3 is 2.57 bits per heavy atom. The number of anilines is 1. The highest BCUT2D eigenvalue weighted by atomic mass is 35.5. The van der Waals surface area contributed by atoms with Gasteiger partial charge < -0.3 is 10.1 Å². The quantitative estimate of drug-likeness (QED) is 0.368. The molecule has 0 saturated carbocycles. The fraction of sp³-hybridized carbons (Fsp3) is 0.176. The molecule has 2 aromatic heterocycles. The minimum atomic E-state index is -0.542. The second kappa shape index (κ2) is 7.61. The second-order valence-corrected chi connectivity index (χ2v) is 6.33. The van der Waals surface area contributed by atoms with Gasteiger partial charge in [0.2, 0.25) is 5.82 Å². The number of nitrogens with zero attached hydrogens (tertiary/aromatic N) is 7. The van der Waals surface area contributed by atoms with Crippen LogP contribution in [0.3, 0.4) is 0 Å². The average Bonchev–Trinajstić information content (AvgIpc) is 3.03. The van der Waals surface area contributed by atoms with Crippen molar-refractivity contribution >= 4 is 29.3 Å². The summed E-state index contributed by atoms with van der Waals surface area (Å²) >= 11 is 6.23. The van der Waals surface area contributed by atoms with E-state index >= 15 is 0 Å². The van der Waals surface area contributed by atoms with Gasteiger partial charge in [0.1, 0.15) is 23.1 Å². The molecule has 0 atom stereocenters. The van der Waals surface area contributed by atoms with Crippen LogP contribution in [0.5, 0.6) is 0 Å². The van der Waals surface area contributed by atoms with Gasteiger partial charge in [-0.25, -0.2) is 9.55 Å². The minimum Gasteiger partial charge on any atom is -0.358 e. The largest absolute Gasteiger partial charge is 0.358 e. The summed E-state index contributed by atoms with van der Waals surface area (Å²) in [6.07, 6.45) is 3.88. The number of aromatic nitrogens is 4. The van der Waals surface area contributed by atoms with Crippen LogP contribution in [0.25, 0.3) is 5.69 Å². The van der Waals surface area contributed by atoms with Crippen LogP contribution in [0.15, 0.2) is 46.6 Å². The van der Waals surface area contributed by atoms with Crippen LogP contribution in [0, 0.1) is 17.0 Å². The molecule has 0 spiro atoms. The predicted molar refractivity (Wildman–Crippen MR) is 105 cm³/mol. The molecule has 0 radical (unpaired) electrons. The lowest BCUT2D eigenvalue weighted by Crippen LogP contribution is -2.24. The van der Waals surface area contributed by atoms with E-state index in [1.54, 1.807) is 19.2 Å². The fourth-order valence-corrected chi connectivity index (χ4v) is 2.68. The fourth-order valence-electron chi connectivity index (χ4n) is 2.42. The number of rotatable bonds is 5. The van der Waals surface area contributed by atoms with Crippen molar-refractivity contribution in [2.24, 2.45) is 12.1 Å². The maximum absolute atomic E-state index is 12.6. The lowest BCUT2D eigenvalue weighted by molar-refractivity contribution is -0.391.